The first-order valence-electron chi connectivity index (χ1n) is 3.91. The molecule has 0 N–H and O–H groups in total. The Balaban J connectivity index is 3.16. The lowest BCUT2D eigenvalue weighted by Gasteiger charge is -2.09. The molecule has 0 aromatic heterocycles. The Hall–Kier alpha value is -1.07. The van der Waals surface area contributed by atoms with E-state index in [0.29, 0.717) is 13.0 Å². The molecule has 0 heterocycles. The predicted octanol–water partition coefficient (Wildman–Crippen LogP) is 1.17. The van der Waals surface area contributed by atoms with Crippen LogP contribution in [0.4, 0.5) is 4.79 Å². The zero-order valence-electron chi connectivity index (χ0n) is 7.99. The molecule has 0 aliphatic carbocycles. The van der Waals surface area contributed by atoms with Gasteiger partial charge in [0, 0.05) is 20.5 Å². The molecule has 76 valence electrons. The molecule has 0 bridgehead atoms. The number of rotatable bonds is 6. The van der Waals surface area contributed by atoms with Gasteiger partial charge in [0.05, 0.1) is 19.5 Å². The molecule has 0 saturated heterocycles. The van der Waals surface area contributed by atoms with E-state index in [2.05, 4.69) is 16.1 Å². The fraction of sp³-hybridized carbons (Fsp3) is 0.625. The van der Waals surface area contributed by atoms with Crippen LogP contribution in [0.2, 0.25) is 0 Å². The third-order valence-electron chi connectivity index (χ3n) is 1.04. The molecule has 13 heavy (non-hydrogen) atoms. The lowest BCUT2D eigenvalue weighted by molar-refractivity contribution is -0.122. The van der Waals surface area contributed by atoms with Crippen molar-refractivity contribution in [1.29, 1.82) is 0 Å². The summed E-state index contributed by atoms with van der Waals surface area (Å²) >= 11 is 0. The minimum absolute atomic E-state index is 0.278. The van der Waals surface area contributed by atoms with Gasteiger partial charge in [-0.3, -0.25) is 4.84 Å². The van der Waals surface area contributed by atoms with E-state index in [4.69, 9.17) is 4.84 Å². The lowest BCUT2D eigenvalue weighted by atomic mass is 10.5. The van der Waals surface area contributed by atoms with Gasteiger partial charge in [-0.2, -0.15) is 5.06 Å². The van der Waals surface area contributed by atoms with E-state index < -0.39 is 6.16 Å². The van der Waals surface area contributed by atoms with Gasteiger partial charge in [0.15, 0.2) is 0 Å². The minimum atomic E-state index is -0.736. The molecule has 0 fully saturated rings. The quantitative estimate of drug-likeness (QED) is 0.271. The number of ether oxygens (including phenoxy) is 2. The van der Waals surface area contributed by atoms with Crippen LogP contribution in [-0.4, -0.2) is 38.5 Å². The van der Waals surface area contributed by atoms with Crippen molar-refractivity contribution in [1.82, 2.24) is 5.06 Å². The summed E-state index contributed by atoms with van der Waals surface area (Å²) in [5.41, 5.74) is 0. The Morgan fingerprint density at radius 2 is 2.15 bits per heavy atom. The monoisotopic (exact) mass is 189 g/mol. The highest BCUT2D eigenvalue weighted by Gasteiger charge is 2.00. The van der Waals surface area contributed by atoms with Crippen molar-refractivity contribution in [3.8, 4) is 0 Å². The van der Waals surface area contributed by atoms with Gasteiger partial charge >= 0.3 is 6.16 Å². The van der Waals surface area contributed by atoms with Crippen LogP contribution in [0.5, 0.6) is 0 Å². The molecule has 0 unspecified atom stereocenters. The summed E-state index contributed by atoms with van der Waals surface area (Å²) in [7, 11) is 3.57. The Labute approximate surface area is 77.8 Å². The van der Waals surface area contributed by atoms with E-state index >= 15 is 0 Å². The summed E-state index contributed by atoms with van der Waals surface area (Å²) in [4.78, 5) is 15.6. The SMILES string of the molecule is C=COC(=O)OCCCON(C)C. The molecule has 0 aliphatic rings. The maximum atomic E-state index is 10.6. The third kappa shape index (κ3) is 8.84. The predicted molar refractivity (Wildman–Crippen MR) is 46.9 cm³/mol. The number of hydroxylamine groups is 2. The van der Waals surface area contributed by atoms with Crippen molar-refractivity contribution < 1.29 is 19.1 Å². The number of hydrogen-bond acceptors (Lipinski definition) is 5. The summed E-state index contributed by atoms with van der Waals surface area (Å²) < 4.78 is 8.95. The number of nitrogens with zero attached hydrogens (tertiary/aromatic N) is 1. The zero-order chi connectivity index (χ0) is 10.1. The van der Waals surface area contributed by atoms with E-state index in [-0.39, 0.29) is 6.61 Å². The van der Waals surface area contributed by atoms with E-state index in [1.54, 1.807) is 19.2 Å². The summed E-state index contributed by atoms with van der Waals surface area (Å²) in [5, 5.41) is 1.59. The van der Waals surface area contributed by atoms with E-state index in [9.17, 15) is 4.79 Å². The van der Waals surface area contributed by atoms with Gasteiger partial charge in [0.2, 0.25) is 0 Å². The van der Waals surface area contributed by atoms with Crippen molar-refractivity contribution in [3.05, 3.63) is 12.8 Å². The highest BCUT2D eigenvalue weighted by atomic mass is 16.7. The molecular weight excluding hydrogens is 174 g/mol. The van der Waals surface area contributed by atoms with Crippen LogP contribution < -0.4 is 0 Å². The molecule has 0 atom stereocenters. The Morgan fingerprint density at radius 3 is 2.69 bits per heavy atom. The fourth-order valence-corrected chi connectivity index (χ4v) is 0.564. The summed E-state index contributed by atoms with van der Waals surface area (Å²) in [6.07, 6.45) is 0.920. The van der Waals surface area contributed by atoms with Crippen LogP contribution >= 0.6 is 0 Å². The second-order valence-corrected chi connectivity index (χ2v) is 2.38. The molecule has 0 aliphatic heterocycles. The summed E-state index contributed by atoms with van der Waals surface area (Å²) in [6.45, 7) is 4.00. The average molecular weight is 189 g/mol. The first kappa shape index (κ1) is 11.9. The van der Waals surface area contributed by atoms with E-state index in [1.807, 2.05) is 0 Å². The molecule has 0 radical (unpaired) electrons. The van der Waals surface area contributed by atoms with Crippen LogP contribution in [0.25, 0.3) is 0 Å². The normalized spacial score (nSPS) is 9.77. The van der Waals surface area contributed by atoms with Gasteiger partial charge < -0.3 is 9.47 Å². The zero-order valence-corrected chi connectivity index (χ0v) is 7.99. The number of carbonyl (C=O) groups excluding carboxylic acids is 1. The molecular formula is C8H15NO4. The van der Waals surface area contributed by atoms with Gasteiger partial charge in [-0.25, -0.2) is 4.79 Å². The highest BCUT2D eigenvalue weighted by molar-refractivity contribution is 5.60. The molecule has 0 aromatic carbocycles. The molecule has 0 rings (SSSR count). The van der Waals surface area contributed by atoms with Gasteiger partial charge in [0.25, 0.3) is 0 Å². The maximum absolute atomic E-state index is 10.6. The van der Waals surface area contributed by atoms with Crippen molar-refractivity contribution in [2.24, 2.45) is 0 Å². The third-order valence-corrected chi connectivity index (χ3v) is 1.04. The number of carbonyl (C=O) groups is 1. The van der Waals surface area contributed by atoms with Gasteiger partial charge in [-0.05, 0) is 0 Å². The summed E-state index contributed by atoms with van der Waals surface area (Å²) in [5.74, 6) is 0. The average Bonchev–Trinajstić information content (AvgIpc) is 2.03. The second kappa shape index (κ2) is 7.57. The van der Waals surface area contributed by atoms with Gasteiger partial charge in [-0.1, -0.05) is 6.58 Å². The first-order valence-corrected chi connectivity index (χ1v) is 3.91. The molecule has 0 amide bonds. The minimum Gasteiger partial charge on any atom is -0.434 e. The van der Waals surface area contributed by atoms with Crippen LogP contribution in [-0.2, 0) is 14.3 Å². The molecule has 0 aromatic rings. The van der Waals surface area contributed by atoms with Crippen molar-refractivity contribution in [2.45, 2.75) is 6.42 Å². The molecule has 5 nitrogen and oxygen atoms in total. The lowest BCUT2D eigenvalue weighted by Crippen LogP contribution is -2.15. The fourth-order valence-electron chi connectivity index (χ4n) is 0.564. The largest absolute Gasteiger partial charge is 0.513 e. The molecule has 0 spiro atoms. The van der Waals surface area contributed by atoms with Crippen LogP contribution in [0.3, 0.4) is 0 Å². The van der Waals surface area contributed by atoms with Crippen LogP contribution in [0.15, 0.2) is 12.8 Å². The molecule has 5 heteroatoms. The van der Waals surface area contributed by atoms with E-state index in [1.165, 1.54) is 0 Å². The topological polar surface area (TPSA) is 48.0 Å². The Morgan fingerprint density at radius 1 is 1.46 bits per heavy atom. The summed E-state index contributed by atoms with van der Waals surface area (Å²) in [6, 6.07) is 0. The second-order valence-electron chi connectivity index (χ2n) is 2.38. The van der Waals surface area contributed by atoms with Crippen molar-refractivity contribution in [3.63, 3.8) is 0 Å². The van der Waals surface area contributed by atoms with Crippen LogP contribution in [0, 0.1) is 0 Å². The standard InChI is InChI=1S/C8H15NO4/c1-4-11-8(10)12-6-5-7-13-9(2)3/h4H,1,5-7H2,2-3H3. The van der Waals surface area contributed by atoms with E-state index in [0.717, 1.165) is 6.26 Å². The van der Waals surface area contributed by atoms with Crippen molar-refractivity contribution in [2.75, 3.05) is 27.3 Å². The smallest absolute Gasteiger partial charge is 0.434 e. The Kier molecular flexibility index (Phi) is 6.95. The Bertz CT molecular complexity index is 158. The number of hydrogen-bond donors (Lipinski definition) is 0. The molecule has 0 saturated carbocycles. The van der Waals surface area contributed by atoms with Gasteiger partial charge in [-0.15, -0.1) is 0 Å². The van der Waals surface area contributed by atoms with Gasteiger partial charge in [0.1, 0.15) is 0 Å². The van der Waals surface area contributed by atoms with Crippen molar-refractivity contribution >= 4 is 6.16 Å². The highest BCUT2D eigenvalue weighted by Crippen LogP contribution is 1.90. The van der Waals surface area contributed by atoms with Crippen LogP contribution in [0.1, 0.15) is 6.42 Å². The first-order chi connectivity index (χ1) is 6.16. The maximum Gasteiger partial charge on any atom is 0.513 e.